The van der Waals surface area contributed by atoms with Crippen LogP contribution >= 0.6 is 22.9 Å². The van der Waals surface area contributed by atoms with E-state index in [1.165, 1.54) is 0 Å². The van der Waals surface area contributed by atoms with Crippen LogP contribution in [0.3, 0.4) is 0 Å². The maximum absolute atomic E-state index is 11.0. The van der Waals surface area contributed by atoms with E-state index in [1.54, 1.807) is 22.9 Å². The van der Waals surface area contributed by atoms with Crippen molar-refractivity contribution in [2.24, 2.45) is 0 Å². The monoisotopic (exact) mass is 580 g/mol. The molecular formula is C20H41IN2O9. The van der Waals surface area contributed by atoms with Gasteiger partial charge in [0.15, 0.2) is 0 Å². The molecule has 0 fully saturated rings. The van der Waals surface area contributed by atoms with Crippen LogP contribution in [0, 0.1) is 0 Å². The first-order valence-corrected chi connectivity index (χ1v) is 12.0. The fourth-order valence-electron chi connectivity index (χ4n) is 2.03. The zero-order valence-electron chi connectivity index (χ0n) is 19.3. The lowest BCUT2D eigenvalue weighted by Gasteiger charge is -2.08. The number of rotatable bonds is 27. The van der Waals surface area contributed by atoms with E-state index in [0.717, 1.165) is 6.54 Å². The van der Waals surface area contributed by atoms with Crippen LogP contribution in [-0.4, -0.2) is 125 Å². The number of hydrogen-bond donors (Lipinski definition) is 2. The molecule has 0 aliphatic carbocycles. The number of hydrogen-bond acceptors (Lipinski definition) is 10. The van der Waals surface area contributed by atoms with E-state index in [0.29, 0.717) is 112 Å². The first-order chi connectivity index (χ1) is 15.8. The van der Waals surface area contributed by atoms with E-state index in [9.17, 15) is 4.79 Å². The predicted octanol–water partition coefficient (Wildman–Crippen LogP) is 0.195. The molecule has 0 spiro atoms. The summed E-state index contributed by atoms with van der Waals surface area (Å²) in [7, 11) is 1.89. The molecule has 0 radical (unpaired) electrons. The summed E-state index contributed by atoms with van der Waals surface area (Å²) in [4.78, 5) is 11.0. The van der Waals surface area contributed by atoms with Gasteiger partial charge in [-0.1, -0.05) is 0 Å². The van der Waals surface area contributed by atoms with Crippen LogP contribution in [0.15, 0.2) is 0 Å². The first kappa shape index (κ1) is 31.8. The molecule has 192 valence electrons. The smallest absolute Gasteiger partial charge is 0.230 e. The van der Waals surface area contributed by atoms with E-state index in [1.807, 2.05) is 7.05 Å². The Morgan fingerprint density at radius 1 is 0.531 bits per heavy atom. The summed E-state index contributed by atoms with van der Waals surface area (Å²) in [5.41, 5.74) is 0. The fraction of sp³-hybridized carbons (Fsp3) is 0.950. The standard InChI is InChI=1S/C20H41IN2O9/c1-22-3-5-26-7-9-28-11-13-30-15-17-32-19-18-31-16-14-29-12-10-27-8-6-25-4-2-20(24)23-21/h22H,2-19H2,1H3,(H,23,24). The lowest BCUT2D eigenvalue weighted by Crippen LogP contribution is -2.17. The molecule has 2 N–H and O–H groups in total. The maximum atomic E-state index is 11.0. The van der Waals surface area contributed by atoms with Gasteiger partial charge in [-0.25, -0.2) is 0 Å². The summed E-state index contributed by atoms with van der Waals surface area (Å²) in [5.74, 6) is -0.0437. The van der Waals surface area contributed by atoms with E-state index in [2.05, 4.69) is 8.85 Å². The Hall–Kier alpha value is -0.160. The van der Waals surface area contributed by atoms with Crippen LogP contribution < -0.4 is 8.85 Å². The second kappa shape index (κ2) is 28.9. The minimum atomic E-state index is -0.0437. The molecule has 0 aliphatic heterocycles. The van der Waals surface area contributed by atoms with Crippen molar-refractivity contribution in [3.63, 3.8) is 0 Å². The first-order valence-electron chi connectivity index (χ1n) is 11.0. The van der Waals surface area contributed by atoms with Crippen molar-refractivity contribution in [1.29, 1.82) is 0 Å². The van der Waals surface area contributed by atoms with Crippen LogP contribution in [0.1, 0.15) is 6.42 Å². The number of likely N-dealkylation sites (N-methyl/N-ethyl adjacent to an activating group) is 1. The third-order valence-electron chi connectivity index (χ3n) is 3.68. The minimum absolute atomic E-state index is 0.0437. The van der Waals surface area contributed by atoms with Crippen LogP contribution in [0.2, 0.25) is 0 Å². The van der Waals surface area contributed by atoms with Crippen LogP contribution in [0.5, 0.6) is 0 Å². The van der Waals surface area contributed by atoms with Crippen LogP contribution in [-0.2, 0) is 42.7 Å². The van der Waals surface area contributed by atoms with Gasteiger partial charge in [-0.2, -0.15) is 0 Å². The molecule has 0 bridgehead atoms. The van der Waals surface area contributed by atoms with Crippen molar-refractivity contribution in [2.75, 3.05) is 119 Å². The molecule has 0 aromatic heterocycles. The molecule has 0 aliphatic rings. The molecule has 0 aromatic carbocycles. The molecule has 0 saturated heterocycles. The topological polar surface area (TPSA) is 115 Å². The van der Waals surface area contributed by atoms with Gasteiger partial charge in [-0.05, 0) is 7.05 Å². The summed E-state index contributed by atoms with van der Waals surface area (Å²) < 4.78 is 45.5. The zero-order valence-corrected chi connectivity index (χ0v) is 21.4. The van der Waals surface area contributed by atoms with Gasteiger partial charge in [-0.3, -0.25) is 8.32 Å². The molecular weight excluding hydrogens is 539 g/mol. The quantitative estimate of drug-likeness (QED) is 0.0794. The molecule has 0 atom stereocenters. The third-order valence-corrected chi connectivity index (χ3v) is 4.28. The van der Waals surface area contributed by atoms with Crippen molar-refractivity contribution in [3.8, 4) is 0 Å². The highest BCUT2D eigenvalue weighted by Crippen LogP contribution is 1.87. The molecule has 11 nitrogen and oxygen atoms in total. The zero-order chi connectivity index (χ0) is 23.4. The summed E-state index contributed by atoms with van der Waals surface area (Å²) >= 11 is 1.81. The second-order valence-corrected chi connectivity index (χ2v) is 6.81. The van der Waals surface area contributed by atoms with Crippen LogP contribution in [0.4, 0.5) is 0 Å². The molecule has 1 amide bonds. The number of ether oxygens (including phenoxy) is 8. The molecule has 32 heavy (non-hydrogen) atoms. The van der Waals surface area contributed by atoms with Gasteiger partial charge in [0.1, 0.15) is 0 Å². The van der Waals surface area contributed by atoms with Crippen LogP contribution in [0.25, 0.3) is 0 Å². The van der Waals surface area contributed by atoms with Gasteiger partial charge in [0, 0.05) is 6.54 Å². The van der Waals surface area contributed by atoms with Gasteiger partial charge >= 0.3 is 0 Å². The highest BCUT2D eigenvalue weighted by Gasteiger charge is 1.98. The summed E-state index contributed by atoms with van der Waals surface area (Å²) in [6.45, 7) is 9.26. The van der Waals surface area contributed by atoms with Gasteiger partial charge in [0.05, 0.1) is 135 Å². The highest BCUT2D eigenvalue weighted by atomic mass is 127. The van der Waals surface area contributed by atoms with E-state index in [-0.39, 0.29) is 5.91 Å². The number of nitrogens with one attached hydrogen (secondary N) is 2. The van der Waals surface area contributed by atoms with Crippen molar-refractivity contribution in [2.45, 2.75) is 6.42 Å². The number of halogens is 1. The van der Waals surface area contributed by atoms with Gasteiger partial charge < -0.3 is 43.2 Å². The lowest BCUT2D eigenvalue weighted by molar-refractivity contribution is -0.120. The Labute approximate surface area is 205 Å². The van der Waals surface area contributed by atoms with Gasteiger partial charge in [0.25, 0.3) is 0 Å². The molecule has 0 rings (SSSR count). The maximum Gasteiger partial charge on any atom is 0.230 e. The predicted molar refractivity (Wildman–Crippen MR) is 127 cm³/mol. The van der Waals surface area contributed by atoms with Gasteiger partial charge in [-0.15, -0.1) is 0 Å². The number of amides is 1. The average molecular weight is 580 g/mol. The second-order valence-electron chi connectivity index (χ2n) is 6.27. The normalized spacial score (nSPS) is 11.2. The molecule has 0 heterocycles. The minimum Gasteiger partial charge on any atom is -0.379 e. The van der Waals surface area contributed by atoms with Crippen molar-refractivity contribution < 1.29 is 42.7 Å². The third kappa shape index (κ3) is 27.9. The Bertz CT molecular complexity index is 385. The molecule has 0 unspecified atom stereocenters. The fourth-order valence-corrected chi connectivity index (χ4v) is 2.30. The summed E-state index contributed by atoms with van der Waals surface area (Å²) in [5, 5.41) is 3.01. The SMILES string of the molecule is CNCCOCCOCCOCCOCCOCCOCCOCCOCCC(=O)NI. The average Bonchev–Trinajstić information content (AvgIpc) is 2.81. The Balaban J connectivity index is 3.02. The lowest BCUT2D eigenvalue weighted by atomic mass is 10.4. The van der Waals surface area contributed by atoms with Crippen molar-refractivity contribution in [3.05, 3.63) is 0 Å². The van der Waals surface area contributed by atoms with Gasteiger partial charge in [0.2, 0.25) is 5.91 Å². The van der Waals surface area contributed by atoms with Crippen molar-refractivity contribution >= 4 is 28.8 Å². The summed E-state index contributed by atoms with van der Waals surface area (Å²) in [6, 6.07) is 0. The highest BCUT2D eigenvalue weighted by molar-refractivity contribution is 14.1. The summed E-state index contributed by atoms with van der Waals surface area (Å²) in [6.07, 6.45) is 0.356. The molecule has 0 aromatic rings. The number of carbonyl (C=O) groups is 1. The van der Waals surface area contributed by atoms with Crippen molar-refractivity contribution in [1.82, 2.24) is 8.85 Å². The molecule has 0 saturated carbocycles. The van der Waals surface area contributed by atoms with E-state index in [4.69, 9.17) is 37.9 Å². The Morgan fingerprint density at radius 3 is 1.09 bits per heavy atom. The van der Waals surface area contributed by atoms with E-state index >= 15 is 0 Å². The van der Waals surface area contributed by atoms with E-state index < -0.39 is 0 Å². The number of carbonyl (C=O) groups excluding carboxylic acids is 1. The Kier molecular flexibility index (Phi) is 28.7. The molecule has 12 heteroatoms. The Morgan fingerprint density at radius 2 is 0.812 bits per heavy atom. The largest absolute Gasteiger partial charge is 0.379 e.